The van der Waals surface area contributed by atoms with E-state index in [1.807, 2.05) is 61.5 Å². The Morgan fingerprint density at radius 3 is 2.40 bits per heavy atom. The van der Waals surface area contributed by atoms with Gasteiger partial charge in [0.15, 0.2) is 0 Å². The lowest BCUT2D eigenvalue weighted by Crippen LogP contribution is -2.16. The van der Waals surface area contributed by atoms with Crippen molar-refractivity contribution in [3.63, 3.8) is 0 Å². The molecule has 0 fully saturated rings. The van der Waals surface area contributed by atoms with Crippen LogP contribution in [0.2, 0.25) is 0 Å². The molecule has 0 heterocycles. The van der Waals surface area contributed by atoms with Crippen LogP contribution in [0, 0.1) is 6.92 Å². The molecule has 3 heteroatoms. The Bertz CT molecular complexity index is 549. The SMILES string of the molecule is Cc1ccc(NC(=O)CCC(N)c2ccccc2)cc1. The largest absolute Gasteiger partial charge is 0.326 e. The number of benzene rings is 2. The fourth-order valence-electron chi connectivity index (χ4n) is 2.01. The zero-order chi connectivity index (χ0) is 14.4. The predicted octanol–water partition coefficient (Wildman–Crippen LogP) is 3.41. The van der Waals surface area contributed by atoms with Crippen LogP contribution in [-0.2, 0) is 4.79 Å². The van der Waals surface area contributed by atoms with E-state index in [1.54, 1.807) is 0 Å². The number of carbonyl (C=O) groups is 1. The van der Waals surface area contributed by atoms with Gasteiger partial charge in [0.25, 0.3) is 0 Å². The van der Waals surface area contributed by atoms with Gasteiger partial charge in [-0.3, -0.25) is 4.79 Å². The lowest BCUT2D eigenvalue weighted by Gasteiger charge is -2.12. The molecule has 2 aromatic rings. The van der Waals surface area contributed by atoms with Crippen molar-refractivity contribution >= 4 is 11.6 Å². The molecule has 0 aromatic heterocycles. The van der Waals surface area contributed by atoms with Gasteiger partial charge >= 0.3 is 0 Å². The van der Waals surface area contributed by atoms with Crippen molar-refractivity contribution in [1.29, 1.82) is 0 Å². The van der Waals surface area contributed by atoms with E-state index in [0.717, 1.165) is 11.3 Å². The molecule has 3 N–H and O–H groups in total. The van der Waals surface area contributed by atoms with Crippen molar-refractivity contribution < 1.29 is 4.79 Å². The summed E-state index contributed by atoms with van der Waals surface area (Å²) in [6.45, 7) is 2.02. The molecule has 104 valence electrons. The van der Waals surface area contributed by atoms with Gasteiger partial charge in [-0.1, -0.05) is 48.0 Å². The summed E-state index contributed by atoms with van der Waals surface area (Å²) in [5.41, 5.74) is 9.14. The predicted molar refractivity (Wildman–Crippen MR) is 82.4 cm³/mol. The van der Waals surface area contributed by atoms with Crippen molar-refractivity contribution in [2.75, 3.05) is 5.32 Å². The summed E-state index contributed by atoms with van der Waals surface area (Å²) in [6.07, 6.45) is 1.06. The number of hydrogen-bond acceptors (Lipinski definition) is 2. The van der Waals surface area contributed by atoms with Crippen molar-refractivity contribution in [3.05, 3.63) is 65.7 Å². The van der Waals surface area contributed by atoms with Crippen LogP contribution in [0.1, 0.15) is 30.0 Å². The van der Waals surface area contributed by atoms with Gasteiger partial charge in [-0.15, -0.1) is 0 Å². The Balaban J connectivity index is 1.82. The monoisotopic (exact) mass is 268 g/mol. The highest BCUT2D eigenvalue weighted by Crippen LogP contribution is 2.16. The summed E-state index contributed by atoms with van der Waals surface area (Å²) in [5.74, 6) is 0.000217. The molecule has 2 rings (SSSR count). The summed E-state index contributed by atoms with van der Waals surface area (Å²) < 4.78 is 0. The summed E-state index contributed by atoms with van der Waals surface area (Å²) >= 11 is 0. The van der Waals surface area contributed by atoms with Crippen LogP contribution in [0.4, 0.5) is 5.69 Å². The maximum atomic E-state index is 11.9. The summed E-state index contributed by atoms with van der Waals surface area (Å²) in [6, 6.07) is 17.5. The molecule has 1 amide bonds. The Morgan fingerprint density at radius 1 is 1.10 bits per heavy atom. The van der Waals surface area contributed by atoms with Crippen LogP contribution < -0.4 is 11.1 Å². The average molecular weight is 268 g/mol. The van der Waals surface area contributed by atoms with Gasteiger partial charge in [-0.25, -0.2) is 0 Å². The lowest BCUT2D eigenvalue weighted by molar-refractivity contribution is -0.116. The molecular formula is C17H20N2O. The quantitative estimate of drug-likeness (QED) is 0.873. The van der Waals surface area contributed by atoms with Crippen LogP contribution >= 0.6 is 0 Å². The van der Waals surface area contributed by atoms with Gasteiger partial charge in [-0.2, -0.15) is 0 Å². The highest BCUT2D eigenvalue weighted by Gasteiger charge is 2.09. The number of nitrogens with two attached hydrogens (primary N) is 1. The minimum absolute atomic E-state index is 0.000217. The van der Waals surface area contributed by atoms with Crippen LogP contribution in [0.3, 0.4) is 0 Å². The van der Waals surface area contributed by atoms with Gasteiger partial charge in [0, 0.05) is 18.2 Å². The van der Waals surface area contributed by atoms with E-state index in [-0.39, 0.29) is 11.9 Å². The van der Waals surface area contributed by atoms with Crippen molar-refractivity contribution in [2.24, 2.45) is 5.73 Å². The number of nitrogens with one attached hydrogen (secondary N) is 1. The molecule has 20 heavy (non-hydrogen) atoms. The second-order valence-corrected chi connectivity index (χ2v) is 4.97. The summed E-state index contributed by atoms with van der Waals surface area (Å²) in [7, 11) is 0. The lowest BCUT2D eigenvalue weighted by atomic mass is 10.0. The Labute approximate surface area is 119 Å². The second-order valence-electron chi connectivity index (χ2n) is 4.97. The Kier molecular flexibility index (Phi) is 4.91. The minimum atomic E-state index is -0.0973. The standard InChI is InChI=1S/C17H20N2O/c1-13-7-9-15(10-8-13)19-17(20)12-11-16(18)14-5-3-2-4-6-14/h2-10,16H,11-12,18H2,1H3,(H,19,20). The minimum Gasteiger partial charge on any atom is -0.326 e. The molecule has 0 bridgehead atoms. The van der Waals surface area contributed by atoms with Gasteiger partial charge in [0.05, 0.1) is 0 Å². The number of hydrogen-bond donors (Lipinski definition) is 2. The molecule has 2 aromatic carbocycles. The number of aryl methyl sites for hydroxylation is 1. The van der Waals surface area contributed by atoms with Crippen LogP contribution in [0.15, 0.2) is 54.6 Å². The fraction of sp³-hybridized carbons (Fsp3) is 0.235. The number of amides is 1. The van der Waals surface area contributed by atoms with E-state index in [0.29, 0.717) is 12.8 Å². The fourth-order valence-corrected chi connectivity index (χ4v) is 2.01. The molecule has 0 saturated heterocycles. The normalized spacial score (nSPS) is 11.9. The first-order valence-corrected chi connectivity index (χ1v) is 6.82. The van der Waals surface area contributed by atoms with Gasteiger partial charge < -0.3 is 11.1 Å². The number of rotatable bonds is 5. The molecule has 0 spiro atoms. The van der Waals surface area contributed by atoms with E-state index in [2.05, 4.69) is 5.32 Å². The van der Waals surface area contributed by atoms with E-state index in [1.165, 1.54) is 5.56 Å². The van der Waals surface area contributed by atoms with Gasteiger partial charge in [-0.05, 0) is 31.0 Å². The Morgan fingerprint density at radius 2 is 1.75 bits per heavy atom. The molecule has 0 aliphatic heterocycles. The first-order valence-electron chi connectivity index (χ1n) is 6.82. The zero-order valence-electron chi connectivity index (χ0n) is 11.7. The van der Waals surface area contributed by atoms with E-state index < -0.39 is 0 Å². The van der Waals surface area contributed by atoms with Gasteiger partial charge in [0.1, 0.15) is 0 Å². The molecule has 0 aliphatic rings. The third-order valence-electron chi connectivity index (χ3n) is 3.25. The van der Waals surface area contributed by atoms with E-state index >= 15 is 0 Å². The van der Waals surface area contributed by atoms with E-state index in [9.17, 15) is 4.79 Å². The van der Waals surface area contributed by atoms with Gasteiger partial charge in [0.2, 0.25) is 5.91 Å². The average Bonchev–Trinajstić information content (AvgIpc) is 2.48. The smallest absolute Gasteiger partial charge is 0.224 e. The topological polar surface area (TPSA) is 55.1 Å². The van der Waals surface area contributed by atoms with Crippen molar-refractivity contribution in [2.45, 2.75) is 25.8 Å². The molecule has 0 saturated carbocycles. The molecule has 1 unspecified atom stereocenters. The van der Waals surface area contributed by atoms with E-state index in [4.69, 9.17) is 5.73 Å². The van der Waals surface area contributed by atoms with Crippen molar-refractivity contribution in [3.8, 4) is 0 Å². The highest BCUT2D eigenvalue weighted by atomic mass is 16.1. The number of anilines is 1. The molecule has 0 aliphatic carbocycles. The first kappa shape index (κ1) is 14.3. The maximum absolute atomic E-state index is 11.9. The summed E-state index contributed by atoms with van der Waals surface area (Å²) in [5, 5.41) is 2.88. The summed E-state index contributed by atoms with van der Waals surface area (Å²) in [4.78, 5) is 11.9. The maximum Gasteiger partial charge on any atom is 0.224 e. The molecule has 1 atom stereocenters. The Hall–Kier alpha value is -2.13. The molecule has 3 nitrogen and oxygen atoms in total. The first-order chi connectivity index (χ1) is 9.65. The third kappa shape index (κ3) is 4.21. The zero-order valence-corrected chi connectivity index (χ0v) is 11.7. The highest BCUT2D eigenvalue weighted by molar-refractivity contribution is 5.90. The second kappa shape index (κ2) is 6.87. The third-order valence-corrected chi connectivity index (χ3v) is 3.25. The molecular weight excluding hydrogens is 248 g/mol. The molecule has 0 radical (unpaired) electrons. The van der Waals surface area contributed by atoms with Crippen LogP contribution in [0.5, 0.6) is 0 Å². The van der Waals surface area contributed by atoms with Crippen molar-refractivity contribution in [1.82, 2.24) is 0 Å². The number of carbonyl (C=O) groups excluding carboxylic acids is 1. The van der Waals surface area contributed by atoms with Crippen LogP contribution in [-0.4, -0.2) is 5.91 Å². The van der Waals surface area contributed by atoms with Crippen LogP contribution in [0.25, 0.3) is 0 Å².